The number of aldehydes is 2. The van der Waals surface area contributed by atoms with Crippen LogP contribution in [0, 0.1) is 12.8 Å². The number of likely N-dealkylation sites (tertiary alicyclic amines) is 1. The number of piperazine rings is 1. The summed E-state index contributed by atoms with van der Waals surface area (Å²) in [5.74, 6) is 0.310. The Kier molecular flexibility index (Phi) is 18.3. The molecule has 2 aromatic carbocycles. The van der Waals surface area contributed by atoms with Gasteiger partial charge in [0.1, 0.15) is 12.6 Å². The molecule has 0 unspecified atom stereocenters. The number of carbonyl (C=O) groups excluding carboxylic acids is 2. The maximum atomic E-state index is 11.8. The molecule has 1 aromatic heterocycles. The van der Waals surface area contributed by atoms with E-state index in [1.165, 1.54) is 37.1 Å². The van der Waals surface area contributed by atoms with E-state index < -0.39 is 0 Å². The van der Waals surface area contributed by atoms with E-state index in [2.05, 4.69) is 66.7 Å². The Morgan fingerprint density at radius 1 is 0.959 bits per heavy atom. The zero-order valence-electron chi connectivity index (χ0n) is 30.4. The van der Waals surface area contributed by atoms with Gasteiger partial charge in [0.15, 0.2) is 0 Å². The van der Waals surface area contributed by atoms with Gasteiger partial charge >= 0.3 is 0 Å². The van der Waals surface area contributed by atoms with E-state index in [1.54, 1.807) is 0 Å². The van der Waals surface area contributed by atoms with Crippen LogP contribution in [0.4, 0.5) is 5.69 Å². The molecular formula is C38H57N8O2Y-. The van der Waals surface area contributed by atoms with Gasteiger partial charge in [0.2, 0.25) is 0 Å². The van der Waals surface area contributed by atoms with Crippen LogP contribution in [-0.4, -0.2) is 115 Å². The van der Waals surface area contributed by atoms with Gasteiger partial charge in [-0.15, -0.1) is 0 Å². The van der Waals surface area contributed by atoms with Gasteiger partial charge in [-0.25, -0.2) is 0 Å². The molecule has 2 N–H and O–H groups in total. The molecule has 3 fully saturated rings. The van der Waals surface area contributed by atoms with E-state index in [0.717, 1.165) is 105 Å². The summed E-state index contributed by atoms with van der Waals surface area (Å²) < 4.78 is 0. The monoisotopic (exact) mass is 746 g/mol. The third-order valence-corrected chi connectivity index (χ3v) is 9.74. The van der Waals surface area contributed by atoms with E-state index in [4.69, 9.17) is 5.53 Å². The van der Waals surface area contributed by atoms with Crippen LogP contribution in [0.25, 0.3) is 22.5 Å². The van der Waals surface area contributed by atoms with Crippen LogP contribution in [0.2, 0.25) is 0 Å². The van der Waals surface area contributed by atoms with Gasteiger partial charge in [0.25, 0.3) is 0 Å². The second-order valence-corrected chi connectivity index (χ2v) is 12.9. The summed E-state index contributed by atoms with van der Waals surface area (Å²) in [7, 11) is 4.15. The Hall–Kier alpha value is -2.31. The van der Waals surface area contributed by atoms with Crippen molar-refractivity contribution in [2.24, 2.45) is 5.92 Å². The van der Waals surface area contributed by atoms with Crippen LogP contribution >= 0.6 is 0 Å². The van der Waals surface area contributed by atoms with Crippen molar-refractivity contribution in [2.75, 3.05) is 71.8 Å². The molecular weight excluding hydrogens is 689 g/mol. The van der Waals surface area contributed by atoms with Gasteiger partial charge in [-0.3, -0.25) is 14.8 Å². The van der Waals surface area contributed by atoms with Crippen molar-refractivity contribution in [1.29, 1.82) is 0 Å². The predicted octanol–water partition coefficient (Wildman–Crippen LogP) is 5.96. The zero-order chi connectivity index (χ0) is 34.3. The molecule has 3 saturated heterocycles. The quantitative estimate of drug-likeness (QED) is 0.194. The van der Waals surface area contributed by atoms with Crippen molar-refractivity contribution >= 4 is 35.2 Å². The molecule has 10 nitrogen and oxygen atoms in total. The topological polar surface area (TPSA) is 102 Å². The molecule has 265 valence electrons. The molecule has 0 spiro atoms. The average molecular weight is 747 g/mol. The number of piperidine rings is 2. The molecule has 3 aromatic rings. The minimum atomic E-state index is 0. The number of para-hydroxylation sites is 1. The Labute approximate surface area is 319 Å². The number of allylic oxidation sites excluding steroid dienone is 1. The van der Waals surface area contributed by atoms with Crippen molar-refractivity contribution in [2.45, 2.75) is 65.3 Å². The number of H-pyrrole nitrogens is 1. The van der Waals surface area contributed by atoms with Crippen LogP contribution in [0.15, 0.2) is 48.2 Å². The van der Waals surface area contributed by atoms with Crippen molar-refractivity contribution in [3.8, 4) is 0 Å². The minimum absolute atomic E-state index is 0. The van der Waals surface area contributed by atoms with Gasteiger partial charge in [0.05, 0.1) is 11.7 Å². The van der Waals surface area contributed by atoms with Crippen molar-refractivity contribution < 1.29 is 42.3 Å². The average Bonchev–Trinajstić information content (AvgIpc) is 3.62. The molecule has 0 aliphatic carbocycles. The largest absolute Gasteiger partial charge is 0.527 e. The molecule has 0 atom stereocenters. The molecule has 0 bridgehead atoms. The third kappa shape index (κ3) is 12.2. The summed E-state index contributed by atoms with van der Waals surface area (Å²) >= 11 is 0. The van der Waals surface area contributed by atoms with Crippen LogP contribution in [0.3, 0.4) is 0 Å². The maximum absolute atomic E-state index is 11.8. The first kappa shape index (κ1) is 41.1. The zero-order valence-corrected chi connectivity index (χ0v) is 33.2. The summed E-state index contributed by atoms with van der Waals surface area (Å²) in [6, 6.07) is 13.1. The van der Waals surface area contributed by atoms with Gasteiger partial charge in [-0.2, -0.15) is 5.10 Å². The van der Waals surface area contributed by atoms with E-state index in [1.807, 2.05) is 52.2 Å². The summed E-state index contributed by atoms with van der Waals surface area (Å²) in [5, 5.41) is 15.7. The fraction of sp³-hybridized carbons (Fsp3) is 0.553. The number of nitrogens with one attached hydrogen (secondary N) is 2. The molecule has 1 radical (unpaired) electrons. The van der Waals surface area contributed by atoms with E-state index in [0.29, 0.717) is 12.3 Å². The number of carbonyl (C=O) groups is 2. The fourth-order valence-electron chi connectivity index (χ4n) is 6.95. The number of anilines is 1. The predicted molar refractivity (Wildman–Crippen MR) is 198 cm³/mol. The molecule has 3 aliphatic rings. The number of hydrogen-bond acceptors (Lipinski definition) is 8. The second kappa shape index (κ2) is 21.8. The van der Waals surface area contributed by atoms with E-state index >= 15 is 0 Å². The summed E-state index contributed by atoms with van der Waals surface area (Å²) in [5.41, 5.74) is 11.4. The molecule has 4 heterocycles. The Morgan fingerprint density at radius 2 is 1.63 bits per heavy atom. The number of aromatic nitrogens is 2. The molecule has 3 aliphatic heterocycles. The third-order valence-electron chi connectivity index (χ3n) is 9.74. The number of rotatable bonds is 10. The standard InChI is InChI=1S/C25H39N6O.C11H12N2O.C2H6.Y/c1-26-25-6-4-3-5-22(25)19-23(20-32)21-7-13-30(14-8-21)27-31-17-15-29(16-18-31)24-9-11-28(2)12-10-24;1-8-5-9(3-2-4-14)6-10-7-12-13-11(8)10;1-2;/h3-6,19-21,24,26H,7-18H2,1-2H3;4-7H,2-3H2,1H3,(H,12,13);1-2H3;/q-1;;;/b23-19+;;;. The first-order valence-electron chi connectivity index (χ1n) is 17.9. The molecule has 6 rings (SSSR count). The SMILES string of the molecule is CC.CNc1ccccc1/C=C(\C=O)C1CCN([N-]N2CCN(C3CCN(C)CC3)CC2)CC1.Cc1cc(CCC=O)cc2cn[nH]c12.[Y]. The molecule has 0 saturated carbocycles. The maximum Gasteiger partial charge on any atom is 0.146 e. The van der Waals surface area contributed by atoms with E-state index in [9.17, 15) is 9.59 Å². The Bertz CT molecular complexity index is 1440. The second-order valence-electron chi connectivity index (χ2n) is 12.9. The summed E-state index contributed by atoms with van der Waals surface area (Å²) in [6.45, 7) is 14.6. The number of fused-ring (bicyclic) bond motifs is 1. The molecule has 49 heavy (non-hydrogen) atoms. The number of nitrogens with zero attached hydrogens (tertiary/aromatic N) is 6. The van der Waals surface area contributed by atoms with Gasteiger partial charge in [-0.1, -0.05) is 38.1 Å². The van der Waals surface area contributed by atoms with Crippen LogP contribution in [0.1, 0.15) is 62.6 Å². The van der Waals surface area contributed by atoms with E-state index in [-0.39, 0.29) is 32.7 Å². The van der Waals surface area contributed by atoms with Crippen molar-refractivity contribution in [1.82, 2.24) is 30.0 Å². The number of aromatic amines is 1. The summed E-state index contributed by atoms with van der Waals surface area (Å²) in [6.07, 6.45) is 11.8. The van der Waals surface area contributed by atoms with Crippen molar-refractivity contribution in [3.63, 3.8) is 0 Å². The Morgan fingerprint density at radius 3 is 2.29 bits per heavy atom. The van der Waals surface area contributed by atoms with Crippen LogP contribution < -0.4 is 5.32 Å². The normalized spacial score (nSPS) is 18.8. The minimum Gasteiger partial charge on any atom is -0.527 e. The Balaban J connectivity index is 0.000000320. The van der Waals surface area contributed by atoms with Crippen LogP contribution in [-0.2, 0) is 48.7 Å². The first-order valence-corrected chi connectivity index (χ1v) is 17.9. The molecule has 0 amide bonds. The number of aryl methyl sites for hydroxylation is 2. The van der Waals surface area contributed by atoms with Gasteiger partial charge in [-0.05, 0) is 132 Å². The number of hydrogen-bond donors (Lipinski definition) is 2. The van der Waals surface area contributed by atoms with Crippen molar-refractivity contribution in [3.05, 3.63) is 70.4 Å². The van der Waals surface area contributed by atoms with Gasteiger partial charge < -0.3 is 30.6 Å². The smallest absolute Gasteiger partial charge is 0.146 e. The van der Waals surface area contributed by atoms with Crippen LogP contribution in [0.5, 0.6) is 0 Å². The number of benzene rings is 2. The molecule has 11 heteroatoms. The fourth-order valence-corrected chi connectivity index (χ4v) is 6.95. The summed E-state index contributed by atoms with van der Waals surface area (Å²) in [4.78, 5) is 27.2. The first-order chi connectivity index (χ1) is 23.5. The van der Waals surface area contributed by atoms with Gasteiger partial charge in [0, 0.05) is 76.4 Å².